The molecule has 7 rings (SSSR count). The number of aryl methyl sites for hydroxylation is 1. The van der Waals surface area contributed by atoms with Crippen molar-refractivity contribution < 1.29 is 22.7 Å². The molecule has 3 aliphatic heterocycles. The first-order chi connectivity index (χ1) is 20.1. The molecule has 0 radical (unpaired) electrons. The summed E-state index contributed by atoms with van der Waals surface area (Å²) in [6, 6.07) is 11.6. The Morgan fingerprint density at radius 3 is 2.62 bits per heavy atom. The van der Waals surface area contributed by atoms with Gasteiger partial charge in [-0.05, 0) is 111 Å². The average Bonchev–Trinajstić information content (AvgIpc) is 3.73. The van der Waals surface area contributed by atoms with E-state index in [1.54, 1.807) is 13.0 Å². The molecule has 5 aliphatic rings. The summed E-state index contributed by atoms with van der Waals surface area (Å²) in [6.07, 6.45) is 8.06. The summed E-state index contributed by atoms with van der Waals surface area (Å²) in [7, 11) is -3.84. The van der Waals surface area contributed by atoms with E-state index in [1.165, 1.54) is 11.1 Å². The van der Waals surface area contributed by atoms with Gasteiger partial charge in [-0.1, -0.05) is 31.0 Å². The number of ether oxygens (including phenoxy) is 2. The standard InChI is InChI=1S/C33H41ClN2O5S/c1-21-5-3-14-33(20-41-33)28-10-7-25(28)17-36-18-32(13-4-6-23-15-26(34)9-11-27(23)32)19-40-30-12-8-24(16-29(30)36)31(37)35-42(38,39)22(21)2/h8-9,11-12,15-16,21-22,25,28H,3-7,10,13-14,17-20H2,1-2H3,(H,35,37)/t21-,22+,25-,28+,32-,33-/m0/s1. The number of nitrogens with one attached hydrogen (secondary N) is 1. The topological polar surface area (TPSA) is 88.2 Å². The highest BCUT2D eigenvalue weighted by atomic mass is 35.5. The minimum atomic E-state index is -3.84. The number of hydrogen-bond acceptors (Lipinski definition) is 6. The van der Waals surface area contributed by atoms with Gasteiger partial charge in [0.1, 0.15) is 5.75 Å². The van der Waals surface area contributed by atoms with E-state index in [2.05, 4.69) is 21.8 Å². The molecule has 1 saturated heterocycles. The van der Waals surface area contributed by atoms with Gasteiger partial charge in [0.15, 0.2) is 0 Å². The number of rotatable bonds is 0. The van der Waals surface area contributed by atoms with Gasteiger partial charge in [0.2, 0.25) is 10.0 Å². The highest BCUT2D eigenvalue weighted by molar-refractivity contribution is 7.90. The molecule has 0 unspecified atom stereocenters. The summed E-state index contributed by atoms with van der Waals surface area (Å²) < 4.78 is 41.7. The molecular formula is C33H41ClN2O5S. The average molecular weight is 613 g/mol. The van der Waals surface area contributed by atoms with Gasteiger partial charge in [-0.2, -0.15) is 0 Å². The lowest BCUT2D eigenvalue weighted by atomic mass is 9.65. The Hall–Kier alpha value is -2.29. The normalized spacial score (nSPS) is 35.7. The molecule has 7 nitrogen and oxygen atoms in total. The molecular weight excluding hydrogens is 572 g/mol. The van der Waals surface area contributed by atoms with Gasteiger partial charge in [0.25, 0.3) is 5.91 Å². The minimum absolute atomic E-state index is 0.0726. The van der Waals surface area contributed by atoms with Crippen molar-refractivity contribution in [1.29, 1.82) is 0 Å². The highest BCUT2D eigenvalue weighted by Crippen LogP contribution is 2.54. The first-order valence-corrected chi connectivity index (χ1v) is 17.5. The van der Waals surface area contributed by atoms with Crippen LogP contribution in [0.15, 0.2) is 36.4 Å². The van der Waals surface area contributed by atoms with Gasteiger partial charge in [-0.3, -0.25) is 4.79 Å². The number of carbonyl (C=O) groups is 1. The Morgan fingerprint density at radius 2 is 1.86 bits per heavy atom. The van der Waals surface area contributed by atoms with E-state index in [4.69, 9.17) is 21.1 Å². The Kier molecular flexibility index (Phi) is 7.06. The van der Waals surface area contributed by atoms with E-state index in [9.17, 15) is 13.2 Å². The molecule has 2 bridgehead atoms. The van der Waals surface area contributed by atoms with E-state index in [1.807, 2.05) is 25.1 Å². The van der Waals surface area contributed by atoms with Gasteiger partial charge in [0.05, 0.1) is 29.8 Å². The van der Waals surface area contributed by atoms with Crippen LogP contribution in [0.3, 0.4) is 0 Å². The third-order valence-corrected chi connectivity index (χ3v) is 13.3. The summed E-state index contributed by atoms with van der Waals surface area (Å²) in [4.78, 5) is 15.8. The molecule has 1 amide bonds. The van der Waals surface area contributed by atoms with Crippen LogP contribution in [0.25, 0.3) is 0 Å². The smallest absolute Gasteiger partial charge is 0.264 e. The Bertz CT molecular complexity index is 1510. The number of epoxide rings is 1. The fourth-order valence-corrected chi connectivity index (χ4v) is 9.70. The summed E-state index contributed by atoms with van der Waals surface area (Å²) in [5, 5.41) is 0.0808. The van der Waals surface area contributed by atoms with E-state index in [0.29, 0.717) is 24.0 Å². The molecule has 2 spiro atoms. The third-order valence-electron chi connectivity index (χ3n) is 11.1. The monoisotopic (exact) mass is 612 g/mol. The number of fused-ring (bicyclic) bond motifs is 5. The van der Waals surface area contributed by atoms with Crippen LogP contribution in [0.2, 0.25) is 5.02 Å². The Balaban J connectivity index is 1.30. The SMILES string of the molecule is C[C@@H]1[C@@H](C)CCC[C@]2(CO2)[C@@H]2CC[C@H]2CN2C[C@@]3(CCCc4cc(Cl)ccc43)COc3ccc(cc32)C(=O)NS1(=O)=O. The lowest BCUT2D eigenvalue weighted by Gasteiger charge is -2.46. The number of nitrogens with zero attached hydrogens (tertiary/aromatic N) is 1. The number of anilines is 1. The lowest BCUT2D eigenvalue weighted by molar-refractivity contribution is 0.0642. The second-order valence-corrected chi connectivity index (χ2v) is 16.1. The van der Waals surface area contributed by atoms with Crippen LogP contribution in [-0.4, -0.2) is 51.5 Å². The van der Waals surface area contributed by atoms with Crippen LogP contribution in [0.1, 0.15) is 80.3 Å². The maximum atomic E-state index is 13.4. The molecule has 2 aliphatic carbocycles. The predicted molar refractivity (Wildman–Crippen MR) is 164 cm³/mol. The summed E-state index contributed by atoms with van der Waals surface area (Å²) >= 11 is 6.41. The second kappa shape index (κ2) is 10.4. The zero-order valence-electron chi connectivity index (χ0n) is 24.5. The van der Waals surface area contributed by atoms with Crippen molar-refractivity contribution in [2.75, 3.05) is 31.2 Å². The summed E-state index contributed by atoms with van der Waals surface area (Å²) in [5.74, 6) is 1.06. The minimum Gasteiger partial charge on any atom is -0.490 e. The molecule has 2 aromatic rings. The van der Waals surface area contributed by atoms with Gasteiger partial charge < -0.3 is 14.4 Å². The molecule has 2 aromatic carbocycles. The number of halogens is 1. The van der Waals surface area contributed by atoms with Crippen molar-refractivity contribution in [1.82, 2.24) is 4.72 Å². The Morgan fingerprint density at radius 1 is 1.02 bits per heavy atom. The molecule has 9 heteroatoms. The van der Waals surface area contributed by atoms with Crippen LogP contribution in [-0.2, 0) is 26.6 Å². The zero-order valence-corrected chi connectivity index (χ0v) is 26.1. The number of benzene rings is 2. The summed E-state index contributed by atoms with van der Waals surface area (Å²) in [5.41, 5.74) is 3.51. The van der Waals surface area contributed by atoms with Crippen molar-refractivity contribution in [2.45, 2.75) is 81.5 Å². The number of amides is 1. The first kappa shape index (κ1) is 28.5. The summed E-state index contributed by atoms with van der Waals surface area (Å²) in [6.45, 7) is 6.64. The molecule has 3 heterocycles. The third kappa shape index (κ3) is 4.91. The number of sulfonamides is 1. The largest absolute Gasteiger partial charge is 0.490 e. The number of hydrogen-bond donors (Lipinski definition) is 1. The zero-order chi connectivity index (χ0) is 29.3. The maximum Gasteiger partial charge on any atom is 0.264 e. The molecule has 2 fully saturated rings. The van der Waals surface area contributed by atoms with Crippen LogP contribution in [0.4, 0.5) is 5.69 Å². The van der Waals surface area contributed by atoms with Gasteiger partial charge >= 0.3 is 0 Å². The van der Waals surface area contributed by atoms with Crippen molar-refractivity contribution >= 4 is 33.2 Å². The number of carbonyl (C=O) groups excluding carboxylic acids is 1. The van der Waals surface area contributed by atoms with E-state index < -0.39 is 21.2 Å². The maximum absolute atomic E-state index is 13.4. The molecule has 0 aromatic heterocycles. The molecule has 6 atom stereocenters. The first-order valence-electron chi connectivity index (χ1n) is 15.6. The second-order valence-electron chi connectivity index (χ2n) is 13.6. The fourth-order valence-electron chi connectivity index (χ4n) is 8.20. The Labute approximate surface area is 254 Å². The van der Waals surface area contributed by atoms with Crippen molar-refractivity contribution in [2.24, 2.45) is 17.8 Å². The molecule has 1 N–H and O–H groups in total. The fraction of sp³-hybridized carbons (Fsp3) is 0.606. The predicted octanol–water partition coefficient (Wildman–Crippen LogP) is 5.88. The van der Waals surface area contributed by atoms with E-state index in [-0.39, 0.29) is 16.9 Å². The van der Waals surface area contributed by atoms with Crippen LogP contribution < -0.4 is 14.4 Å². The highest BCUT2D eigenvalue weighted by Gasteiger charge is 2.57. The quantitative estimate of drug-likeness (QED) is 0.374. The van der Waals surface area contributed by atoms with Crippen molar-refractivity contribution in [3.8, 4) is 5.75 Å². The van der Waals surface area contributed by atoms with Gasteiger partial charge in [0, 0.05) is 29.1 Å². The van der Waals surface area contributed by atoms with Crippen LogP contribution in [0, 0.1) is 17.8 Å². The molecule has 226 valence electrons. The van der Waals surface area contributed by atoms with Crippen LogP contribution in [0.5, 0.6) is 5.75 Å². The van der Waals surface area contributed by atoms with E-state index >= 15 is 0 Å². The molecule has 42 heavy (non-hydrogen) atoms. The molecule has 1 saturated carbocycles. The van der Waals surface area contributed by atoms with Crippen molar-refractivity contribution in [3.63, 3.8) is 0 Å². The lowest BCUT2D eigenvalue weighted by Crippen LogP contribution is -2.50. The van der Waals surface area contributed by atoms with Crippen molar-refractivity contribution in [3.05, 3.63) is 58.1 Å². The van der Waals surface area contributed by atoms with Crippen LogP contribution >= 0.6 is 11.6 Å². The van der Waals surface area contributed by atoms with Gasteiger partial charge in [-0.25, -0.2) is 13.1 Å². The van der Waals surface area contributed by atoms with Gasteiger partial charge in [-0.15, -0.1) is 0 Å². The van der Waals surface area contributed by atoms with E-state index in [0.717, 1.165) is 87.5 Å².